The topological polar surface area (TPSA) is 0 Å². The molecule has 2 saturated carbocycles. The van der Waals surface area contributed by atoms with Gasteiger partial charge < -0.3 is 0 Å². The Balaban J connectivity index is 2.01. The molecular formula is C10H17. The summed E-state index contributed by atoms with van der Waals surface area (Å²) in [6, 6.07) is 0. The highest BCUT2D eigenvalue weighted by atomic mass is 14.4. The molecule has 0 heterocycles. The van der Waals surface area contributed by atoms with Gasteiger partial charge in [-0.1, -0.05) is 19.3 Å². The molecule has 57 valence electrons. The number of fused-ring (bicyclic) bond motifs is 1. The third-order valence-corrected chi connectivity index (χ3v) is 3.48. The number of hydrogen-bond acceptors (Lipinski definition) is 0. The quantitative estimate of drug-likeness (QED) is 0.481. The van der Waals surface area contributed by atoms with Crippen molar-refractivity contribution in [1.82, 2.24) is 0 Å². The molecule has 2 aliphatic carbocycles. The molecule has 0 amide bonds. The molecule has 0 heteroatoms. The van der Waals surface area contributed by atoms with Crippen molar-refractivity contribution in [2.75, 3.05) is 0 Å². The van der Waals surface area contributed by atoms with Crippen molar-refractivity contribution in [2.45, 2.75) is 38.5 Å². The first-order valence-corrected chi connectivity index (χ1v) is 4.71. The Morgan fingerprint density at radius 3 is 2.50 bits per heavy atom. The zero-order valence-corrected chi connectivity index (χ0v) is 6.68. The van der Waals surface area contributed by atoms with Crippen LogP contribution in [0.4, 0.5) is 0 Å². The van der Waals surface area contributed by atoms with Crippen molar-refractivity contribution in [2.24, 2.45) is 17.8 Å². The highest BCUT2D eigenvalue weighted by Gasteiger charge is 2.34. The van der Waals surface area contributed by atoms with E-state index in [9.17, 15) is 0 Å². The fraction of sp³-hybridized carbons (Fsp3) is 0.900. The van der Waals surface area contributed by atoms with Crippen LogP contribution in [-0.4, -0.2) is 0 Å². The molecule has 2 rings (SSSR count). The first-order chi connectivity index (χ1) is 4.88. The molecule has 3 unspecified atom stereocenters. The van der Waals surface area contributed by atoms with Crippen LogP contribution in [0.1, 0.15) is 38.5 Å². The Morgan fingerprint density at radius 1 is 0.900 bits per heavy atom. The summed E-state index contributed by atoms with van der Waals surface area (Å²) in [5.74, 6) is 2.91. The van der Waals surface area contributed by atoms with Crippen LogP contribution < -0.4 is 0 Å². The second kappa shape index (κ2) is 2.56. The zero-order valence-electron chi connectivity index (χ0n) is 6.68. The van der Waals surface area contributed by atoms with Crippen molar-refractivity contribution < 1.29 is 0 Å². The first-order valence-electron chi connectivity index (χ1n) is 4.71. The fourth-order valence-electron chi connectivity index (χ4n) is 2.86. The standard InChI is InChI=1S/C10H17/c1-8-6-7-9-4-2-3-5-10(8)9/h8-10H,1-7H2. The van der Waals surface area contributed by atoms with Crippen LogP contribution in [0.5, 0.6) is 0 Å². The van der Waals surface area contributed by atoms with Crippen molar-refractivity contribution >= 4 is 0 Å². The molecule has 0 N–H and O–H groups in total. The maximum Gasteiger partial charge on any atom is -0.0357 e. The molecule has 2 fully saturated rings. The SMILES string of the molecule is [CH2]C1CCC2CCCCC12. The molecule has 0 aromatic heterocycles. The van der Waals surface area contributed by atoms with E-state index in [1.165, 1.54) is 38.5 Å². The Bertz CT molecular complexity index is 115. The summed E-state index contributed by atoms with van der Waals surface area (Å²) in [5.41, 5.74) is 0. The molecule has 3 atom stereocenters. The summed E-state index contributed by atoms with van der Waals surface area (Å²) in [5, 5.41) is 0. The molecular weight excluding hydrogens is 120 g/mol. The van der Waals surface area contributed by atoms with E-state index in [1.54, 1.807) is 0 Å². The first kappa shape index (κ1) is 6.69. The average molecular weight is 137 g/mol. The minimum atomic E-state index is 0.810. The third-order valence-electron chi connectivity index (χ3n) is 3.48. The van der Waals surface area contributed by atoms with Crippen molar-refractivity contribution in [3.05, 3.63) is 6.92 Å². The van der Waals surface area contributed by atoms with Crippen molar-refractivity contribution in [3.8, 4) is 0 Å². The molecule has 0 saturated heterocycles. The second-order valence-corrected chi connectivity index (χ2v) is 4.05. The summed E-state index contributed by atoms with van der Waals surface area (Å²) < 4.78 is 0. The maximum atomic E-state index is 4.22. The lowest BCUT2D eigenvalue weighted by Gasteiger charge is -2.27. The predicted molar refractivity (Wildman–Crippen MR) is 43.5 cm³/mol. The maximum absolute atomic E-state index is 4.22. The molecule has 0 nitrogen and oxygen atoms in total. The summed E-state index contributed by atoms with van der Waals surface area (Å²) in [6.45, 7) is 4.22. The summed E-state index contributed by atoms with van der Waals surface area (Å²) in [4.78, 5) is 0. The van der Waals surface area contributed by atoms with E-state index >= 15 is 0 Å². The predicted octanol–water partition coefficient (Wildman–Crippen LogP) is 3.04. The monoisotopic (exact) mass is 137 g/mol. The lowest BCUT2D eigenvalue weighted by atomic mass is 9.79. The van der Waals surface area contributed by atoms with E-state index in [0.717, 1.165) is 17.8 Å². The minimum Gasteiger partial charge on any atom is -0.0530 e. The van der Waals surface area contributed by atoms with Crippen LogP contribution in [0, 0.1) is 24.7 Å². The van der Waals surface area contributed by atoms with Gasteiger partial charge in [-0.05, 0) is 43.9 Å². The van der Waals surface area contributed by atoms with Crippen LogP contribution in [0.2, 0.25) is 0 Å². The van der Waals surface area contributed by atoms with Gasteiger partial charge in [-0.3, -0.25) is 0 Å². The van der Waals surface area contributed by atoms with Crippen LogP contribution in [0.3, 0.4) is 0 Å². The van der Waals surface area contributed by atoms with Gasteiger partial charge in [0.2, 0.25) is 0 Å². The molecule has 0 aromatic carbocycles. The Labute approximate surface area is 64.0 Å². The average Bonchev–Trinajstić information content (AvgIpc) is 2.34. The van der Waals surface area contributed by atoms with Gasteiger partial charge in [-0.25, -0.2) is 0 Å². The molecule has 0 aliphatic heterocycles. The summed E-state index contributed by atoms with van der Waals surface area (Å²) >= 11 is 0. The molecule has 0 aromatic rings. The van der Waals surface area contributed by atoms with Gasteiger partial charge in [0.25, 0.3) is 0 Å². The van der Waals surface area contributed by atoms with Gasteiger partial charge in [0, 0.05) is 0 Å². The van der Waals surface area contributed by atoms with Gasteiger partial charge in [0.05, 0.1) is 0 Å². The van der Waals surface area contributed by atoms with E-state index in [-0.39, 0.29) is 0 Å². The Kier molecular flexibility index (Phi) is 1.71. The fourth-order valence-corrected chi connectivity index (χ4v) is 2.86. The molecule has 0 bridgehead atoms. The lowest BCUT2D eigenvalue weighted by Crippen LogP contribution is -2.17. The molecule has 1 radical (unpaired) electrons. The zero-order chi connectivity index (χ0) is 6.97. The second-order valence-electron chi connectivity index (χ2n) is 4.05. The smallest absolute Gasteiger partial charge is 0.0357 e. The van der Waals surface area contributed by atoms with Crippen molar-refractivity contribution in [3.63, 3.8) is 0 Å². The molecule has 0 spiro atoms. The van der Waals surface area contributed by atoms with Gasteiger partial charge in [0.15, 0.2) is 0 Å². The van der Waals surface area contributed by atoms with Gasteiger partial charge in [-0.15, -0.1) is 0 Å². The van der Waals surface area contributed by atoms with Crippen LogP contribution in [0.15, 0.2) is 0 Å². The van der Waals surface area contributed by atoms with E-state index in [4.69, 9.17) is 0 Å². The molecule has 10 heavy (non-hydrogen) atoms. The number of rotatable bonds is 0. The van der Waals surface area contributed by atoms with E-state index in [2.05, 4.69) is 6.92 Å². The Hall–Kier alpha value is 0. The van der Waals surface area contributed by atoms with Gasteiger partial charge in [0.1, 0.15) is 0 Å². The van der Waals surface area contributed by atoms with Gasteiger partial charge >= 0.3 is 0 Å². The lowest BCUT2D eigenvalue weighted by molar-refractivity contribution is 0.249. The summed E-state index contributed by atoms with van der Waals surface area (Å²) in [6.07, 6.45) is 8.87. The van der Waals surface area contributed by atoms with Crippen LogP contribution in [-0.2, 0) is 0 Å². The van der Waals surface area contributed by atoms with Gasteiger partial charge in [-0.2, -0.15) is 0 Å². The van der Waals surface area contributed by atoms with E-state index in [0.29, 0.717) is 0 Å². The normalized spacial score (nSPS) is 47.1. The van der Waals surface area contributed by atoms with Crippen molar-refractivity contribution in [1.29, 1.82) is 0 Å². The largest absolute Gasteiger partial charge is 0.0530 e. The molecule has 2 aliphatic rings. The van der Waals surface area contributed by atoms with Crippen LogP contribution >= 0.6 is 0 Å². The van der Waals surface area contributed by atoms with Crippen LogP contribution in [0.25, 0.3) is 0 Å². The minimum absolute atomic E-state index is 0.810. The highest BCUT2D eigenvalue weighted by molar-refractivity contribution is 4.88. The Morgan fingerprint density at radius 2 is 1.70 bits per heavy atom. The summed E-state index contributed by atoms with van der Waals surface area (Å²) in [7, 11) is 0. The van der Waals surface area contributed by atoms with E-state index < -0.39 is 0 Å². The number of hydrogen-bond donors (Lipinski definition) is 0. The van der Waals surface area contributed by atoms with E-state index in [1.807, 2.05) is 0 Å². The third kappa shape index (κ3) is 0.980. The highest BCUT2D eigenvalue weighted by Crippen LogP contribution is 2.45.